The molecule has 17 heavy (non-hydrogen) atoms. The fraction of sp³-hybridized carbons (Fsp3) is 0.308. The van der Waals surface area contributed by atoms with E-state index in [2.05, 4.69) is 11.5 Å². The molecule has 0 amide bonds. The summed E-state index contributed by atoms with van der Waals surface area (Å²) >= 11 is 0. The van der Waals surface area contributed by atoms with Crippen molar-refractivity contribution in [2.75, 3.05) is 7.11 Å². The summed E-state index contributed by atoms with van der Waals surface area (Å²) in [7, 11) is 1.65. The van der Waals surface area contributed by atoms with Crippen LogP contribution in [0, 0.1) is 0 Å². The van der Waals surface area contributed by atoms with Crippen molar-refractivity contribution < 1.29 is 14.6 Å². The summed E-state index contributed by atoms with van der Waals surface area (Å²) in [5.74, 6) is -0.899. The number of nitrogens with zero attached hydrogens (tertiary/aromatic N) is 1. The lowest BCUT2D eigenvalue weighted by molar-refractivity contribution is 0.0697. The van der Waals surface area contributed by atoms with E-state index in [0.717, 1.165) is 23.1 Å². The molecule has 90 valence electrons. The summed E-state index contributed by atoms with van der Waals surface area (Å²) in [5, 5.41) is 9.89. The molecular weight excluding hydrogens is 218 g/mol. The zero-order valence-electron chi connectivity index (χ0n) is 9.93. The molecule has 0 bridgehead atoms. The van der Waals surface area contributed by atoms with Crippen LogP contribution in [0.1, 0.15) is 23.0 Å². The van der Waals surface area contributed by atoms with E-state index in [4.69, 9.17) is 9.84 Å². The molecule has 0 aliphatic rings. The van der Waals surface area contributed by atoms with Crippen molar-refractivity contribution in [1.29, 1.82) is 0 Å². The highest BCUT2D eigenvalue weighted by atomic mass is 16.5. The third-order valence-electron chi connectivity index (χ3n) is 2.84. The van der Waals surface area contributed by atoms with Crippen LogP contribution in [0.15, 0.2) is 24.3 Å². The monoisotopic (exact) mass is 233 g/mol. The second-order valence-corrected chi connectivity index (χ2v) is 3.89. The van der Waals surface area contributed by atoms with E-state index in [-0.39, 0.29) is 0 Å². The van der Waals surface area contributed by atoms with Gasteiger partial charge in [-0.3, -0.25) is 0 Å². The number of fused-ring (bicyclic) bond motifs is 1. The molecule has 1 aromatic heterocycles. The maximum absolute atomic E-state index is 10.9. The van der Waals surface area contributed by atoms with Crippen molar-refractivity contribution >= 4 is 16.9 Å². The van der Waals surface area contributed by atoms with Crippen molar-refractivity contribution in [2.24, 2.45) is 0 Å². The Morgan fingerprint density at radius 2 is 2.18 bits per heavy atom. The van der Waals surface area contributed by atoms with Crippen LogP contribution in [0.4, 0.5) is 0 Å². The number of methoxy groups -OCH3 is 1. The Kier molecular flexibility index (Phi) is 3.15. The fourth-order valence-corrected chi connectivity index (χ4v) is 2.10. The summed E-state index contributed by atoms with van der Waals surface area (Å²) in [6, 6.07) is 7.16. The Labute approximate surface area is 99.4 Å². The first kappa shape index (κ1) is 11.7. The lowest BCUT2D eigenvalue weighted by atomic mass is 10.1. The number of benzene rings is 1. The van der Waals surface area contributed by atoms with Gasteiger partial charge in [0.1, 0.15) is 0 Å². The highest BCUT2D eigenvalue weighted by Gasteiger charge is 2.10. The van der Waals surface area contributed by atoms with Crippen LogP contribution < -0.4 is 0 Å². The predicted molar refractivity (Wildman–Crippen MR) is 65.3 cm³/mol. The molecular formula is C13H15NO3. The number of carboxylic acids is 1. The predicted octanol–water partition coefficient (Wildman–Crippen LogP) is 2.51. The van der Waals surface area contributed by atoms with Gasteiger partial charge in [-0.15, -0.1) is 0 Å². The van der Waals surface area contributed by atoms with Crippen LogP contribution in [0.25, 0.3) is 10.9 Å². The van der Waals surface area contributed by atoms with Crippen LogP contribution in [0.5, 0.6) is 0 Å². The van der Waals surface area contributed by atoms with E-state index in [9.17, 15) is 4.79 Å². The number of rotatable bonds is 4. The van der Waals surface area contributed by atoms with Gasteiger partial charge in [0.2, 0.25) is 0 Å². The molecule has 0 saturated carbocycles. The van der Waals surface area contributed by atoms with Gasteiger partial charge in [-0.1, -0.05) is 0 Å². The standard InChI is InChI=1S/C13H15NO3/c1-3-14-11(8-17-2)7-10-6-9(13(15)16)4-5-12(10)14/h4-7H,3,8H2,1-2H3,(H,15,16). The topological polar surface area (TPSA) is 51.5 Å². The normalized spacial score (nSPS) is 10.9. The van der Waals surface area contributed by atoms with Crippen molar-refractivity contribution in [3.05, 3.63) is 35.5 Å². The summed E-state index contributed by atoms with van der Waals surface area (Å²) in [6.45, 7) is 3.43. The largest absolute Gasteiger partial charge is 0.478 e. The molecule has 0 aliphatic carbocycles. The van der Waals surface area contributed by atoms with Gasteiger partial charge in [0.15, 0.2) is 0 Å². The highest BCUT2D eigenvalue weighted by molar-refractivity contribution is 5.94. The van der Waals surface area contributed by atoms with E-state index in [1.165, 1.54) is 0 Å². The van der Waals surface area contributed by atoms with Gasteiger partial charge < -0.3 is 14.4 Å². The Balaban J connectivity index is 2.60. The number of aromatic carboxylic acids is 1. The second-order valence-electron chi connectivity index (χ2n) is 3.89. The molecule has 0 fully saturated rings. The van der Waals surface area contributed by atoms with E-state index >= 15 is 0 Å². The van der Waals surface area contributed by atoms with Crippen molar-refractivity contribution in [2.45, 2.75) is 20.1 Å². The zero-order valence-corrected chi connectivity index (χ0v) is 9.93. The van der Waals surface area contributed by atoms with Crippen LogP contribution in [-0.4, -0.2) is 22.8 Å². The van der Waals surface area contributed by atoms with Gasteiger partial charge in [-0.2, -0.15) is 0 Å². The van der Waals surface area contributed by atoms with E-state index in [1.807, 2.05) is 12.1 Å². The highest BCUT2D eigenvalue weighted by Crippen LogP contribution is 2.22. The number of aromatic nitrogens is 1. The Morgan fingerprint density at radius 1 is 1.41 bits per heavy atom. The molecule has 0 spiro atoms. The number of carbonyl (C=O) groups is 1. The SMILES string of the molecule is CCn1c(COC)cc2cc(C(=O)O)ccc21. The zero-order chi connectivity index (χ0) is 12.4. The Morgan fingerprint density at radius 3 is 2.76 bits per heavy atom. The molecule has 4 nitrogen and oxygen atoms in total. The third-order valence-corrected chi connectivity index (χ3v) is 2.84. The average molecular weight is 233 g/mol. The second kappa shape index (κ2) is 4.59. The smallest absolute Gasteiger partial charge is 0.335 e. The molecule has 0 unspecified atom stereocenters. The first-order valence-electron chi connectivity index (χ1n) is 5.51. The third kappa shape index (κ3) is 2.03. The summed E-state index contributed by atoms with van der Waals surface area (Å²) in [5.41, 5.74) is 2.42. The van der Waals surface area contributed by atoms with Gasteiger partial charge in [-0.05, 0) is 31.2 Å². The van der Waals surface area contributed by atoms with E-state index in [1.54, 1.807) is 19.2 Å². The summed E-state index contributed by atoms with van der Waals surface area (Å²) in [4.78, 5) is 10.9. The van der Waals surface area contributed by atoms with Crippen molar-refractivity contribution in [3.8, 4) is 0 Å². The summed E-state index contributed by atoms with van der Waals surface area (Å²) in [6.07, 6.45) is 0. The summed E-state index contributed by atoms with van der Waals surface area (Å²) < 4.78 is 7.27. The Bertz CT molecular complexity index is 557. The molecule has 1 heterocycles. The quantitative estimate of drug-likeness (QED) is 0.882. The minimum absolute atomic E-state index is 0.315. The van der Waals surface area contributed by atoms with Gasteiger partial charge in [0.25, 0.3) is 0 Å². The molecule has 0 radical (unpaired) electrons. The van der Waals surface area contributed by atoms with Crippen LogP contribution in [0.2, 0.25) is 0 Å². The molecule has 2 rings (SSSR count). The average Bonchev–Trinajstić information content (AvgIpc) is 2.65. The molecule has 0 saturated heterocycles. The number of hydrogen-bond donors (Lipinski definition) is 1. The first-order valence-corrected chi connectivity index (χ1v) is 5.51. The molecule has 1 N–H and O–H groups in total. The van der Waals surface area contributed by atoms with Gasteiger partial charge in [0, 0.05) is 30.3 Å². The minimum Gasteiger partial charge on any atom is -0.478 e. The molecule has 0 atom stereocenters. The first-order chi connectivity index (χ1) is 8.17. The maximum atomic E-state index is 10.9. The lowest BCUT2D eigenvalue weighted by Crippen LogP contribution is -2.01. The lowest BCUT2D eigenvalue weighted by Gasteiger charge is -2.06. The molecule has 0 aliphatic heterocycles. The fourth-order valence-electron chi connectivity index (χ4n) is 2.10. The van der Waals surface area contributed by atoms with Crippen molar-refractivity contribution in [1.82, 2.24) is 4.57 Å². The van der Waals surface area contributed by atoms with Crippen LogP contribution in [0.3, 0.4) is 0 Å². The van der Waals surface area contributed by atoms with Gasteiger partial charge in [-0.25, -0.2) is 4.79 Å². The minimum atomic E-state index is -0.899. The molecule has 4 heteroatoms. The van der Waals surface area contributed by atoms with Gasteiger partial charge >= 0.3 is 5.97 Å². The van der Waals surface area contributed by atoms with Crippen molar-refractivity contribution in [3.63, 3.8) is 0 Å². The maximum Gasteiger partial charge on any atom is 0.335 e. The van der Waals surface area contributed by atoms with E-state index < -0.39 is 5.97 Å². The van der Waals surface area contributed by atoms with Gasteiger partial charge in [0.05, 0.1) is 12.2 Å². The van der Waals surface area contributed by atoms with Crippen LogP contribution in [-0.2, 0) is 17.9 Å². The van der Waals surface area contributed by atoms with Crippen LogP contribution >= 0.6 is 0 Å². The number of hydrogen-bond acceptors (Lipinski definition) is 2. The Hall–Kier alpha value is -1.81. The van der Waals surface area contributed by atoms with E-state index in [0.29, 0.717) is 12.2 Å². The molecule has 2 aromatic rings. The molecule has 1 aromatic carbocycles. The number of carboxylic acid groups (broad SMARTS) is 1. The number of aryl methyl sites for hydroxylation is 1. The number of ether oxygens (including phenoxy) is 1.